The predicted octanol–water partition coefficient (Wildman–Crippen LogP) is 0.965. The SMILES string of the molecule is C[C@@H](Oc1ccccc1F)C(=O)NNC(=O)CN1C(=O)Cc2ccccc2C1=O. The number of rotatable bonds is 5. The van der Waals surface area contributed by atoms with E-state index < -0.39 is 42.1 Å². The smallest absolute Gasteiger partial charge is 0.279 e. The summed E-state index contributed by atoms with van der Waals surface area (Å²) in [7, 11) is 0. The van der Waals surface area contributed by atoms with Gasteiger partial charge >= 0.3 is 0 Å². The summed E-state index contributed by atoms with van der Waals surface area (Å²) in [6.07, 6.45) is -1.09. The molecule has 0 fully saturated rings. The highest BCUT2D eigenvalue weighted by atomic mass is 19.1. The van der Waals surface area contributed by atoms with Gasteiger partial charge in [-0.2, -0.15) is 0 Å². The lowest BCUT2D eigenvalue weighted by Crippen LogP contribution is -2.52. The van der Waals surface area contributed by atoms with Crippen LogP contribution >= 0.6 is 0 Å². The topological polar surface area (TPSA) is 105 Å². The Hall–Kier alpha value is -3.75. The van der Waals surface area contributed by atoms with Gasteiger partial charge < -0.3 is 4.74 Å². The normalized spacial score (nSPS) is 14.1. The Labute approximate surface area is 165 Å². The quantitative estimate of drug-likeness (QED) is 0.576. The minimum absolute atomic E-state index is 0.00899. The lowest BCUT2D eigenvalue weighted by molar-refractivity contribution is -0.136. The van der Waals surface area contributed by atoms with E-state index in [1.54, 1.807) is 30.3 Å². The summed E-state index contributed by atoms with van der Waals surface area (Å²) in [6.45, 7) is 0.831. The molecule has 0 unspecified atom stereocenters. The number of benzene rings is 2. The zero-order valence-electron chi connectivity index (χ0n) is 15.5. The molecular formula is C20H18FN3O5. The molecule has 0 spiro atoms. The number of para-hydroxylation sites is 1. The Morgan fingerprint density at radius 3 is 2.55 bits per heavy atom. The number of nitrogens with zero attached hydrogens (tertiary/aromatic N) is 1. The van der Waals surface area contributed by atoms with Crippen molar-refractivity contribution in [2.45, 2.75) is 19.4 Å². The van der Waals surface area contributed by atoms with E-state index in [9.17, 15) is 23.6 Å². The monoisotopic (exact) mass is 399 g/mol. The second kappa shape index (κ2) is 8.51. The number of ether oxygens (including phenoxy) is 1. The van der Waals surface area contributed by atoms with Crippen molar-refractivity contribution in [3.05, 3.63) is 65.5 Å². The van der Waals surface area contributed by atoms with Gasteiger partial charge in [0.1, 0.15) is 6.54 Å². The van der Waals surface area contributed by atoms with E-state index in [-0.39, 0.29) is 12.2 Å². The molecular weight excluding hydrogens is 381 g/mol. The van der Waals surface area contributed by atoms with E-state index >= 15 is 0 Å². The molecule has 1 aliphatic heterocycles. The summed E-state index contributed by atoms with van der Waals surface area (Å²) in [6, 6.07) is 12.2. The van der Waals surface area contributed by atoms with Gasteiger partial charge in [-0.05, 0) is 30.7 Å². The van der Waals surface area contributed by atoms with Crippen LogP contribution in [0.25, 0.3) is 0 Å². The molecule has 0 radical (unpaired) electrons. The Morgan fingerprint density at radius 2 is 1.79 bits per heavy atom. The average molecular weight is 399 g/mol. The van der Waals surface area contributed by atoms with Gasteiger partial charge in [0.05, 0.1) is 6.42 Å². The number of nitrogens with one attached hydrogen (secondary N) is 2. The van der Waals surface area contributed by atoms with E-state index in [4.69, 9.17) is 4.74 Å². The molecule has 1 atom stereocenters. The molecule has 0 aromatic heterocycles. The molecule has 1 heterocycles. The Balaban J connectivity index is 1.53. The number of fused-ring (bicyclic) bond motifs is 1. The standard InChI is InChI=1S/C20H18FN3O5/c1-12(29-16-9-5-4-8-15(16)21)19(27)23-22-17(25)11-24-18(26)10-13-6-2-3-7-14(13)20(24)28/h2-9,12H,10-11H2,1H3,(H,22,25)(H,23,27)/t12-/m1/s1. The summed E-state index contributed by atoms with van der Waals surface area (Å²) in [5.74, 6) is -3.31. The highest BCUT2D eigenvalue weighted by Crippen LogP contribution is 2.19. The molecule has 29 heavy (non-hydrogen) atoms. The maximum Gasteiger partial charge on any atom is 0.279 e. The molecule has 150 valence electrons. The maximum absolute atomic E-state index is 13.6. The van der Waals surface area contributed by atoms with Crippen LogP contribution < -0.4 is 15.6 Å². The zero-order valence-corrected chi connectivity index (χ0v) is 15.5. The summed E-state index contributed by atoms with van der Waals surface area (Å²) < 4.78 is 18.8. The molecule has 8 nitrogen and oxygen atoms in total. The molecule has 0 aliphatic carbocycles. The van der Waals surface area contributed by atoms with E-state index in [1.165, 1.54) is 25.1 Å². The lowest BCUT2D eigenvalue weighted by Gasteiger charge is -2.26. The molecule has 0 saturated heterocycles. The number of imide groups is 1. The minimum atomic E-state index is -1.10. The van der Waals surface area contributed by atoms with Gasteiger partial charge in [0, 0.05) is 5.56 Å². The van der Waals surface area contributed by atoms with E-state index in [0.29, 0.717) is 11.1 Å². The van der Waals surface area contributed by atoms with Crippen molar-refractivity contribution in [2.75, 3.05) is 6.54 Å². The van der Waals surface area contributed by atoms with Gasteiger partial charge in [0.2, 0.25) is 5.91 Å². The van der Waals surface area contributed by atoms with Gasteiger partial charge in [0.15, 0.2) is 17.7 Å². The van der Waals surface area contributed by atoms with Crippen molar-refractivity contribution in [3.63, 3.8) is 0 Å². The van der Waals surface area contributed by atoms with Crippen molar-refractivity contribution in [1.29, 1.82) is 0 Å². The van der Waals surface area contributed by atoms with Crippen molar-refractivity contribution >= 4 is 23.6 Å². The lowest BCUT2D eigenvalue weighted by atomic mass is 9.98. The number of carbonyl (C=O) groups is 4. The van der Waals surface area contributed by atoms with Gasteiger partial charge in [-0.3, -0.25) is 34.9 Å². The van der Waals surface area contributed by atoms with Crippen LogP contribution in [-0.4, -0.2) is 41.2 Å². The summed E-state index contributed by atoms with van der Waals surface area (Å²) in [4.78, 5) is 49.5. The fourth-order valence-electron chi connectivity index (χ4n) is 2.76. The van der Waals surface area contributed by atoms with E-state index in [0.717, 1.165) is 4.90 Å². The van der Waals surface area contributed by atoms with Crippen LogP contribution in [0.3, 0.4) is 0 Å². The highest BCUT2D eigenvalue weighted by molar-refractivity contribution is 6.11. The maximum atomic E-state index is 13.6. The molecule has 1 aliphatic rings. The minimum Gasteiger partial charge on any atom is -0.478 e. The van der Waals surface area contributed by atoms with E-state index in [1.807, 2.05) is 0 Å². The predicted molar refractivity (Wildman–Crippen MR) is 99.0 cm³/mol. The van der Waals surface area contributed by atoms with Crippen molar-refractivity contribution in [3.8, 4) is 5.75 Å². The molecule has 2 aromatic rings. The summed E-state index contributed by atoms with van der Waals surface area (Å²) in [5.41, 5.74) is 5.20. The number of amides is 4. The van der Waals surface area contributed by atoms with Crippen LogP contribution in [0, 0.1) is 5.82 Å². The van der Waals surface area contributed by atoms with Crippen LogP contribution in [-0.2, 0) is 20.8 Å². The fourth-order valence-corrected chi connectivity index (χ4v) is 2.76. The van der Waals surface area contributed by atoms with Crippen LogP contribution in [0.1, 0.15) is 22.8 Å². The van der Waals surface area contributed by atoms with Crippen LogP contribution in [0.15, 0.2) is 48.5 Å². The Kier molecular flexibility index (Phi) is 5.87. The first-order valence-electron chi connectivity index (χ1n) is 8.79. The third kappa shape index (κ3) is 4.57. The average Bonchev–Trinajstić information content (AvgIpc) is 2.71. The highest BCUT2D eigenvalue weighted by Gasteiger charge is 2.32. The van der Waals surface area contributed by atoms with E-state index in [2.05, 4.69) is 10.9 Å². The first kappa shape index (κ1) is 20.0. The number of hydrogen-bond acceptors (Lipinski definition) is 5. The number of hydrogen-bond donors (Lipinski definition) is 2. The molecule has 2 aromatic carbocycles. The molecule has 9 heteroatoms. The van der Waals surface area contributed by atoms with Crippen molar-refractivity contribution < 1.29 is 28.3 Å². The molecule has 0 bridgehead atoms. The first-order valence-corrected chi connectivity index (χ1v) is 8.79. The molecule has 2 N–H and O–H groups in total. The van der Waals surface area contributed by atoms with Crippen molar-refractivity contribution in [1.82, 2.24) is 15.8 Å². The Bertz CT molecular complexity index is 978. The number of carbonyl (C=O) groups excluding carboxylic acids is 4. The number of halogens is 1. The third-order valence-corrected chi connectivity index (χ3v) is 4.27. The fraction of sp³-hybridized carbons (Fsp3) is 0.200. The third-order valence-electron chi connectivity index (χ3n) is 4.27. The van der Waals surface area contributed by atoms with Crippen LogP contribution in [0.5, 0.6) is 5.75 Å². The summed E-state index contributed by atoms with van der Waals surface area (Å²) in [5, 5.41) is 0. The largest absolute Gasteiger partial charge is 0.478 e. The second-order valence-corrected chi connectivity index (χ2v) is 6.35. The second-order valence-electron chi connectivity index (χ2n) is 6.35. The van der Waals surface area contributed by atoms with Gasteiger partial charge in [0.25, 0.3) is 17.7 Å². The Morgan fingerprint density at radius 1 is 1.10 bits per heavy atom. The van der Waals surface area contributed by atoms with Gasteiger partial charge in [-0.15, -0.1) is 0 Å². The zero-order chi connectivity index (χ0) is 21.0. The molecule has 0 saturated carbocycles. The van der Waals surface area contributed by atoms with Gasteiger partial charge in [-0.1, -0.05) is 30.3 Å². The summed E-state index contributed by atoms with van der Waals surface area (Å²) >= 11 is 0. The first-order chi connectivity index (χ1) is 13.9. The number of hydrazine groups is 1. The van der Waals surface area contributed by atoms with Gasteiger partial charge in [-0.25, -0.2) is 4.39 Å². The van der Waals surface area contributed by atoms with Crippen LogP contribution in [0.2, 0.25) is 0 Å². The van der Waals surface area contributed by atoms with Crippen molar-refractivity contribution in [2.24, 2.45) is 0 Å². The molecule has 4 amide bonds. The molecule has 3 rings (SSSR count). The van der Waals surface area contributed by atoms with Crippen LogP contribution in [0.4, 0.5) is 4.39 Å².